The summed E-state index contributed by atoms with van der Waals surface area (Å²) in [5.74, 6) is -0.0442. The summed E-state index contributed by atoms with van der Waals surface area (Å²) in [6.45, 7) is 0. The molecule has 0 saturated carbocycles. The summed E-state index contributed by atoms with van der Waals surface area (Å²) >= 11 is 0. The predicted octanol–water partition coefficient (Wildman–Crippen LogP) is 4.02. The molecule has 0 amide bonds. The molecule has 2 heterocycles. The Bertz CT molecular complexity index is 1000. The molecule has 2 saturated heterocycles. The zero-order valence-electron chi connectivity index (χ0n) is 16.2. The number of likely N-dealkylation sites (N-methyl/N-ethyl adjacent to an activating group) is 1. The second-order valence-corrected chi connectivity index (χ2v) is 7.50. The summed E-state index contributed by atoms with van der Waals surface area (Å²) in [5, 5.41) is 21.7. The number of hydrogen-bond donors (Lipinski definition) is 0. The van der Waals surface area contributed by atoms with Gasteiger partial charge in [0.15, 0.2) is 5.78 Å². The Hall–Kier alpha value is -3.65. The van der Waals surface area contributed by atoms with Crippen molar-refractivity contribution >= 4 is 29.3 Å². The van der Waals surface area contributed by atoms with Crippen molar-refractivity contribution in [3.8, 4) is 0 Å². The van der Waals surface area contributed by atoms with Crippen molar-refractivity contribution in [3.05, 3.63) is 91.0 Å². The number of carbonyl (C=O) groups is 1. The third kappa shape index (κ3) is 3.53. The van der Waals surface area contributed by atoms with E-state index in [0.717, 1.165) is 24.0 Å². The van der Waals surface area contributed by atoms with E-state index < -0.39 is 9.85 Å². The maximum Gasteiger partial charge on any atom is 0.269 e. The molecule has 0 N–H and O–H groups in total. The first-order valence-corrected chi connectivity index (χ1v) is 9.54. The lowest BCUT2D eigenvalue weighted by molar-refractivity contribution is -0.385. The van der Waals surface area contributed by atoms with E-state index in [0.29, 0.717) is 11.1 Å². The number of Topliss-reactive ketones (excluding diaryl/α,β-unsaturated/α-hetero) is 1. The highest BCUT2D eigenvalue weighted by Gasteiger charge is 2.44. The second-order valence-electron chi connectivity index (χ2n) is 7.50. The smallest absolute Gasteiger partial charge is 0.269 e. The Morgan fingerprint density at radius 2 is 1.17 bits per heavy atom. The van der Waals surface area contributed by atoms with Crippen LogP contribution in [0, 0.1) is 20.2 Å². The molecule has 2 aromatic rings. The molecule has 30 heavy (non-hydrogen) atoms. The van der Waals surface area contributed by atoms with Gasteiger partial charge in [0.1, 0.15) is 0 Å². The minimum Gasteiger partial charge on any atom is -0.292 e. The lowest BCUT2D eigenvalue weighted by Crippen LogP contribution is -2.43. The Balaban J connectivity index is 1.70. The normalized spacial score (nSPS) is 23.8. The van der Waals surface area contributed by atoms with Crippen LogP contribution in [0.15, 0.2) is 59.7 Å². The van der Waals surface area contributed by atoms with Crippen LogP contribution in [-0.4, -0.2) is 39.7 Å². The van der Waals surface area contributed by atoms with E-state index in [1.165, 1.54) is 24.3 Å². The van der Waals surface area contributed by atoms with Gasteiger partial charge in [-0.05, 0) is 67.4 Å². The van der Waals surface area contributed by atoms with Gasteiger partial charge in [-0.2, -0.15) is 0 Å². The molecule has 4 rings (SSSR count). The van der Waals surface area contributed by atoms with Crippen LogP contribution in [0.3, 0.4) is 0 Å². The number of carbonyl (C=O) groups excluding carboxylic acids is 1. The van der Waals surface area contributed by atoms with E-state index in [4.69, 9.17) is 0 Å². The number of rotatable bonds is 4. The maximum absolute atomic E-state index is 13.3. The quantitative estimate of drug-likeness (QED) is 0.432. The van der Waals surface area contributed by atoms with E-state index in [2.05, 4.69) is 4.90 Å². The third-order valence-electron chi connectivity index (χ3n) is 5.79. The lowest BCUT2D eigenvalue weighted by atomic mass is 9.88. The minimum atomic E-state index is -0.455. The van der Waals surface area contributed by atoms with Crippen molar-refractivity contribution in [2.24, 2.45) is 0 Å². The Morgan fingerprint density at radius 1 is 0.800 bits per heavy atom. The number of ketones is 1. The van der Waals surface area contributed by atoms with Gasteiger partial charge in [0.25, 0.3) is 11.4 Å². The fourth-order valence-electron chi connectivity index (χ4n) is 4.23. The van der Waals surface area contributed by atoms with Gasteiger partial charge < -0.3 is 0 Å². The van der Waals surface area contributed by atoms with E-state index in [-0.39, 0.29) is 29.2 Å². The van der Waals surface area contributed by atoms with Crippen LogP contribution < -0.4 is 0 Å². The fraction of sp³-hybridized carbons (Fsp3) is 0.227. The summed E-state index contributed by atoms with van der Waals surface area (Å²) in [7, 11) is 1.99. The molecular weight excluding hydrogens is 386 g/mol. The highest BCUT2D eigenvalue weighted by molar-refractivity contribution is 6.16. The Labute approximate surface area is 172 Å². The van der Waals surface area contributed by atoms with E-state index in [1.807, 2.05) is 7.05 Å². The number of nitro benzene ring substituents is 2. The van der Waals surface area contributed by atoms with Crippen LogP contribution in [-0.2, 0) is 4.79 Å². The monoisotopic (exact) mass is 405 g/mol. The van der Waals surface area contributed by atoms with Gasteiger partial charge in [-0.3, -0.25) is 29.9 Å². The first-order valence-electron chi connectivity index (χ1n) is 9.54. The largest absolute Gasteiger partial charge is 0.292 e. The SMILES string of the molecule is CN1[C@@H]2CC[C@H]1/C(=C\c1ccc([N+](=O)[O-])cc1)C(=O)/C2=C/c1ccc([N+](=O)[O-])cc1. The summed E-state index contributed by atoms with van der Waals surface area (Å²) in [4.78, 5) is 36.3. The molecule has 2 fully saturated rings. The summed E-state index contributed by atoms with van der Waals surface area (Å²) in [6.07, 6.45) is 5.31. The van der Waals surface area contributed by atoms with Crippen LogP contribution in [0.4, 0.5) is 11.4 Å². The van der Waals surface area contributed by atoms with Gasteiger partial charge in [-0.1, -0.05) is 0 Å². The third-order valence-corrected chi connectivity index (χ3v) is 5.79. The van der Waals surface area contributed by atoms with Gasteiger partial charge in [-0.15, -0.1) is 0 Å². The van der Waals surface area contributed by atoms with Crippen LogP contribution in [0.25, 0.3) is 12.2 Å². The molecule has 2 aromatic carbocycles. The zero-order chi connectivity index (χ0) is 21.4. The predicted molar refractivity (Wildman–Crippen MR) is 112 cm³/mol. The minimum absolute atomic E-state index is 0.00363. The number of benzene rings is 2. The van der Waals surface area contributed by atoms with Gasteiger partial charge in [-0.25, -0.2) is 0 Å². The van der Waals surface area contributed by atoms with Crippen molar-refractivity contribution in [1.29, 1.82) is 0 Å². The van der Waals surface area contributed by atoms with Gasteiger partial charge in [0.2, 0.25) is 0 Å². The Kier molecular flexibility index (Phi) is 5.01. The first-order chi connectivity index (χ1) is 14.3. The maximum atomic E-state index is 13.3. The highest BCUT2D eigenvalue weighted by Crippen LogP contribution is 2.40. The van der Waals surface area contributed by atoms with E-state index in [9.17, 15) is 25.0 Å². The summed E-state index contributed by atoms with van der Waals surface area (Å²) in [5.41, 5.74) is 2.80. The molecule has 152 valence electrons. The molecule has 2 atom stereocenters. The molecule has 0 aromatic heterocycles. The van der Waals surface area contributed by atoms with Gasteiger partial charge in [0.05, 0.1) is 9.85 Å². The van der Waals surface area contributed by atoms with Crippen LogP contribution in [0.2, 0.25) is 0 Å². The zero-order valence-corrected chi connectivity index (χ0v) is 16.2. The number of piperidine rings is 1. The Morgan fingerprint density at radius 3 is 1.50 bits per heavy atom. The molecule has 0 radical (unpaired) electrons. The summed E-state index contributed by atoms with van der Waals surface area (Å²) < 4.78 is 0. The van der Waals surface area contributed by atoms with E-state index in [1.54, 1.807) is 36.4 Å². The fourth-order valence-corrected chi connectivity index (χ4v) is 4.23. The molecule has 0 unspecified atom stereocenters. The van der Waals surface area contributed by atoms with Crippen molar-refractivity contribution in [2.45, 2.75) is 24.9 Å². The number of fused-ring (bicyclic) bond motifs is 2. The average molecular weight is 405 g/mol. The molecule has 0 spiro atoms. The summed E-state index contributed by atoms with van der Waals surface area (Å²) in [6, 6.07) is 12.3. The number of hydrogen-bond acceptors (Lipinski definition) is 6. The highest BCUT2D eigenvalue weighted by atomic mass is 16.6. The number of nitrogens with zero attached hydrogens (tertiary/aromatic N) is 3. The molecule has 8 nitrogen and oxygen atoms in total. The number of non-ortho nitro benzene ring substituents is 2. The van der Waals surface area contributed by atoms with Crippen LogP contribution >= 0.6 is 0 Å². The van der Waals surface area contributed by atoms with E-state index >= 15 is 0 Å². The van der Waals surface area contributed by atoms with Crippen molar-refractivity contribution in [1.82, 2.24) is 4.90 Å². The molecule has 0 aliphatic carbocycles. The molecule has 8 heteroatoms. The second kappa shape index (κ2) is 7.64. The molecule has 2 aliphatic rings. The molecule has 2 bridgehead atoms. The van der Waals surface area contributed by atoms with Crippen LogP contribution in [0.5, 0.6) is 0 Å². The number of nitro groups is 2. The topological polar surface area (TPSA) is 107 Å². The molecular formula is C22H19N3O5. The lowest BCUT2D eigenvalue weighted by Gasteiger charge is -2.34. The standard InChI is InChI=1S/C22H19N3O5/c1-23-20-10-11-21(23)19(13-15-4-8-17(9-5-15)25(29)30)22(26)18(20)12-14-2-6-16(7-3-14)24(27)28/h2-9,12-13,20-21H,10-11H2,1H3/b18-12+,19-13+/t20-,21+. The first kappa shape index (κ1) is 19.7. The average Bonchev–Trinajstić information content (AvgIpc) is 3.04. The van der Waals surface area contributed by atoms with Crippen LogP contribution in [0.1, 0.15) is 24.0 Å². The van der Waals surface area contributed by atoms with Gasteiger partial charge in [0, 0.05) is 47.5 Å². The van der Waals surface area contributed by atoms with Gasteiger partial charge >= 0.3 is 0 Å². The molecule has 2 aliphatic heterocycles. The van der Waals surface area contributed by atoms with Crippen molar-refractivity contribution < 1.29 is 14.6 Å². The van der Waals surface area contributed by atoms with Crippen molar-refractivity contribution in [3.63, 3.8) is 0 Å². The van der Waals surface area contributed by atoms with Crippen molar-refractivity contribution in [2.75, 3.05) is 7.05 Å².